The van der Waals surface area contributed by atoms with Crippen molar-refractivity contribution in [3.05, 3.63) is 33.7 Å². The Kier molecular flexibility index (Phi) is 4.82. The summed E-state index contributed by atoms with van der Waals surface area (Å²) in [4.78, 5) is 19.4. The molecule has 6 heteroatoms. The summed E-state index contributed by atoms with van der Waals surface area (Å²) in [5, 5.41) is 5.59. The molecule has 1 fully saturated rings. The zero-order valence-corrected chi connectivity index (χ0v) is 14.8. The van der Waals surface area contributed by atoms with Gasteiger partial charge in [-0.2, -0.15) is 0 Å². The topological polar surface area (TPSA) is 58.4 Å². The van der Waals surface area contributed by atoms with E-state index in [0.29, 0.717) is 16.5 Å². The largest absolute Gasteiger partial charge is 0.466 e. The highest BCUT2D eigenvalue weighted by Crippen LogP contribution is 2.24. The van der Waals surface area contributed by atoms with Crippen LogP contribution >= 0.6 is 11.3 Å². The van der Waals surface area contributed by atoms with Crippen LogP contribution in [-0.4, -0.2) is 28.9 Å². The highest BCUT2D eigenvalue weighted by molar-refractivity contribution is 7.14. The van der Waals surface area contributed by atoms with Crippen molar-refractivity contribution in [3.8, 4) is 0 Å². The van der Waals surface area contributed by atoms with E-state index in [4.69, 9.17) is 4.42 Å². The maximum Gasteiger partial charge on any atom is 0.261 e. The molecule has 1 aliphatic heterocycles. The summed E-state index contributed by atoms with van der Waals surface area (Å²) in [5.74, 6) is 1.30. The number of anilines is 1. The van der Waals surface area contributed by atoms with E-state index in [0.717, 1.165) is 36.7 Å². The fourth-order valence-electron chi connectivity index (χ4n) is 3.07. The van der Waals surface area contributed by atoms with Gasteiger partial charge in [-0.15, -0.1) is 11.3 Å². The number of likely N-dealkylation sites (tertiary alicyclic amines) is 1. The van der Waals surface area contributed by atoms with E-state index in [1.54, 1.807) is 0 Å². The molecule has 1 aliphatic rings. The SMILES string of the molecule is Cc1oc(C)c(C(=O)Nc2nc(CN3CCCCC3)cs2)c1C. The Labute approximate surface area is 140 Å². The van der Waals surface area contributed by atoms with Crippen molar-refractivity contribution in [3.63, 3.8) is 0 Å². The third-order valence-electron chi connectivity index (χ3n) is 4.39. The van der Waals surface area contributed by atoms with Gasteiger partial charge in [0.25, 0.3) is 5.91 Å². The Hall–Kier alpha value is -1.66. The van der Waals surface area contributed by atoms with Crippen molar-refractivity contribution >= 4 is 22.4 Å². The quantitative estimate of drug-likeness (QED) is 0.922. The number of hydrogen-bond acceptors (Lipinski definition) is 5. The number of thiazole rings is 1. The van der Waals surface area contributed by atoms with Crippen LogP contribution in [0.4, 0.5) is 5.13 Å². The first kappa shape index (κ1) is 16.2. The molecule has 0 aliphatic carbocycles. The van der Waals surface area contributed by atoms with E-state index in [2.05, 4.69) is 15.2 Å². The molecule has 3 heterocycles. The van der Waals surface area contributed by atoms with E-state index >= 15 is 0 Å². The van der Waals surface area contributed by atoms with Crippen LogP contribution in [0.1, 0.15) is 52.4 Å². The van der Waals surface area contributed by atoms with E-state index < -0.39 is 0 Å². The van der Waals surface area contributed by atoms with E-state index in [1.165, 1.54) is 30.6 Å². The molecule has 0 aromatic carbocycles. The number of nitrogens with zero attached hydrogens (tertiary/aromatic N) is 2. The number of carbonyl (C=O) groups excluding carboxylic acids is 1. The molecule has 0 bridgehead atoms. The molecule has 1 N–H and O–H groups in total. The lowest BCUT2D eigenvalue weighted by Crippen LogP contribution is -2.29. The van der Waals surface area contributed by atoms with Gasteiger partial charge in [-0.05, 0) is 46.7 Å². The fourth-order valence-corrected chi connectivity index (χ4v) is 3.77. The summed E-state index contributed by atoms with van der Waals surface area (Å²) in [5.41, 5.74) is 2.55. The standard InChI is InChI=1S/C17H23N3O2S/c1-11-12(2)22-13(3)15(11)16(21)19-17-18-14(10-23-17)9-20-7-5-4-6-8-20/h10H,4-9H2,1-3H3,(H,18,19,21). The molecule has 3 rings (SSSR count). The predicted molar refractivity (Wildman–Crippen MR) is 92.1 cm³/mol. The maximum absolute atomic E-state index is 12.5. The lowest BCUT2D eigenvalue weighted by Gasteiger charge is -2.25. The summed E-state index contributed by atoms with van der Waals surface area (Å²) in [7, 11) is 0. The molecule has 1 amide bonds. The molecule has 0 saturated carbocycles. The number of carbonyl (C=O) groups is 1. The van der Waals surface area contributed by atoms with Gasteiger partial charge in [0, 0.05) is 17.5 Å². The van der Waals surface area contributed by atoms with Crippen molar-refractivity contribution in [1.82, 2.24) is 9.88 Å². The summed E-state index contributed by atoms with van der Waals surface area (Å²) < 4.78 is 5.53. The fraction of sp³-hybridized carbons (Fsp3) is 0.529. The summed E-state index contributed by atoms with van der Waals surface area (Å²) >= 11 is 1.48. The number of hydrogen-bond donors (Lipinski definition) is 1. The average Bonchev–Trinajstić information content (AvgIpc) is 3.05. The lowest BCUT2D eigenvalue weighted by molar-refractivity contribution is 0.102. The first-order valence-electron chi connectivity index (χ1n) is 8.09. The van der Waals surface area contributed by atoms with Crippen LogP contribution in [0.2, 0.25) is 0 Å². The molecule has 23 heavy (non-hydrogen) atoms. The Morgan fingerprint density at radius 2 is 2.00 bits per heavy atom. The number of nitrogens with one attached hydrogen (secondary N) is 1. The van der Waals surface area contributed by atoms with Crippen LogP contribution in [-0.2, 0) is 6.54 Å². The second-order valence-corrected chi connectivity index (χ2v) is 7.01. The van der Waals surface area contributed by atoms with Crippen LogP contribution < -0.4 is 5.32 Å². The van der Waals surface area contributed by atoms with Crippen molar-refractivity contribution in [2.24, 2.45) is 0 Å². The molecular formula is C17H23N3O2S. The molecular weight excluding hydrogens is 310 g/mol. The second-order valence-electron chi connectivity index (χ2n) is 6.15. The first-order chi connectivity index (χ1) is 11.0. The minimum atomic E-state index is -0.143. The summed E-state index contributed by atoms with van der Waals surface area (Å²) in [6, 6.07) is 0. The van der Waals surface area contributed by atoms with Gasteiger partial charge >= 0.3 is 0 Å². The molecule has 0 spiro atoms. The number of aryl methyl sites for hydroxylation is 2. The Bertz CT molecular complexity index is 699. The maximum atomic E-state index is 12.5. The van der Waals surface area contributed by atoms with Gasteiger partial charge in [-0.3, -0.25) is 15.0 Å². The Balaban J connectivity index is 1.65. The third-order valence-corrected chi connectivity index (χ3v) is 5.20. The molecule has 0 radical (unpaired) electrons. The lowest BCUT2D eigenvalue weighted by atomic mass is 10.1. The van der Waals surface area contributed by atoms with Gasteiger partial charge in [0.15, 0.2) is 5.13 Å². The van der Waals surface area contributed by atoms with Gasteiger partial charge in [0.05, 0.1) is 11.3 Å². The van der Waals surface area contributed by atoms with Crippen molar-refractivity contribution in [1.29, 1.82) is 0 Å². The number of piperidine rings is 1. The first-order valence-corrected chi connectivity index (χ1v) is 8.97. The van der Waals surface area contributed by atoms with Gasteiger partial charge in [-0.25, -0.2) is 4.98 Å². The van der Waals surface area contributed by atoms with Crippen molar-refractivity contribution in [2.75, 3.05) is 18.4 Å². The van der Waals surface area contributed by atoms with Gasteiger partial charge in [0.2, 0.25) is 0 Å². The van der Waals surface area contributed by atoms with E-state index in [1.807, 2.05) is 26.2 Å². The minimum Gasteiger partial charge on any atom is -0.466 e. The molecule has 2 aromatic rings. The molecule has 2 aromatic heterocycles. The van der Waals surface area contributed by atoms with Crippen LogP contribution in [0.25, 0.3) is 0 Å². The van der Waals surface area contributed by atoms with E-state index in [9.17, 15) is 4.79 Å². The van der Waals surface area contributed by atoms with Gasteiger partial charge in [-0.1, -0.05) is 6.42 Å². The van der Waals surface area contributed by atoms with Crippen LogP contribution in [0, 0.1) is 20.8 Å². The zero-order valence-electron chi connectivity index (χ0n) is 13.9. The molecule has 124 valence electrons. The van der Waals surface area contributed by atoms with Gasteiger partial charge in [0.1, 0.15) is 11.5 Å². The summed E-state index contributed by atoms with van der Waals surface area (Å²) in [6.07, 6.45) is 3.87. The highest BCUT2D eigenvalue weighted by atomic mass is 32.1. The Morgan fingerprint density at radius 3 is 2.65 bits per heavy atom. The predicted octanol–water partition coefficient (Wildman–Crippen LogP) is 3.90. The van der Waals surface area contributed by atoms with Crippen LogP contribution in [0.3, 0.4) is 0 Å². The highest BCUT2D eigenvalue weighted by Gasteiger charge is 2.20. The average molecular weight is 333 g/mol. The van der Waals surface area contributed by atoms with E-state index in [-0.39, 0.29) is 5.91 Å². The number of amides is 1. The van der Waals surface area contributed by atoms with Crippen molar-refractivity contribution < 1.29 is 9.21 Å². The van der Waals surface area contributed by atoms with Gasteiger partial charge < -0.3 is 4.42 Å². The number of rotatable bonds is 4. The molecule has 5 nitrogen and oxygen atoms in total. The second kappa shape index (κ2) is 6.84. The zero-order chi connectivity index (χ0) is 16.4. The molecule has 0 unspecified atom stereocenters. The smallest absolute Gasteiger partial charge is 0.261 e. The Morgan fingerprint density at radius 1 is 1.26 bits per heavy atom. The van der Waals surface area contributed by atoms with Crippen molar-refractivity contribution in [2.45, 2.75) is 46.6 Å². The normalized spacial score (nSPS) is 15.8. The molecule has 1 saturated heterocycles. The summed E-state index contributed by atoms with van der Waals surface area (Å²) in [6.45, 7) is 8.76. The minimum absolute atomic E-state index is 0.143. The van der Waals surface area contributed by atoms with Crippen LogP contribution in [0.15, 0.2) is 9.80 Å². The van der Waals surface area contributed by atoms with Crippen LogP contribution in [0.5, 0.6) is 0 Å². The third kappa shape index (κ3) is 3.64. The number of aromatic nitrogens is 1. The number of furan rings is 1. The monoisotopic (exact) mass is 333 g/mol. The molecule has 0 atom stereocenters.